The van der Waals surface area contributed by atoms with Crippen molar-refractivity contribution in [3.63, 3.8) is 0 Å². The molecule has 2 aliphatic rings. The first-order chi connectivity index (χ1) is 34.0. The van der Waals surface area contributed by atoms with E-state index in [-0.39, 0.29) is 36.8 Å². The third-order valence-corrected chi connectivity index (χ3v) is 12.1. The van der Waals surface area contributed by atoms with Gasteiger partial charge in [0, 0.05) is 65.3 Å². The molecule has 2 aliphatic heterocycles. The number of terminal acetylenes is 1. The maximum atomic E-state index is 14.5. The zero-order valence-electron chi connectivity index (χ0n) is 40.5. The SMILES string of the molecule is C#CCOCCOCCOCCNc1nc(N2CCN(C(=O)[C@H](CCCCN)n3cc([C@@H](N)CO)nn3)CC2)nc(N2CCN(C(=O)[C@H](Cc3ccc(O)cc3)n3cc([C@@H](N)CC(C)C)nn3)CC2)n1. The van der Waals surface area contributed by atoms with Crippen molar-refractivity contribution in [3.05, 3.63) is 53.6 Å². The van der Waals surface area contributed by atoms with Crippen LogP contribution in [0.4, 0.5) is 17.8 Å². The number of aliphatic hydroxyl groups excluding tert-OH is 1. The first kappa shape index (κ1) is 53.3. The van der Waals surface area contributed by atoms with Crippen LogP contribution in [0.2, 0.25) is 0 Å². The number of phenols is 1. The second-order valence-electron chi connectivity index (χ2n) is 17.8. The third-order valence-electron chi connectivity index (χ3n) is 12.1. The Morgan fingerprint density at radius 3 is 1.86 bits per heavy atom. The quantitative estimate of drug-likeness (QED) is 0.0323. The van der Waals surface area contributed by atoms with Gasteiger partial charge >= 0.3 is 0 Å². The summed E-state index contributed by atoms with van der Waals surface area (Å²) in [5, 5.41) is 39.9. The molecule has 4 aromatic rings. The highest BCUT2D eigenvalue weighted by molar-refractivity contribution is 5.81. The summed E-state index contributed by atoms with van der Waals surface area (Å²) in [6, 6.07) is 4.47. The fourth-order valence-corrected chi connectivity index (χ4v) is 8.14. The number of aromatic hydroxyl groups is 1. The van der Waals surface area contributed by atoms with Crippen LogP contribution in [0.1, 0.15) is 80.6 Å². The number of aromatic nitrogens is 9. The number of rotatable bonds is 28. The van der Waals surface area contributed by atoms with Gasteiger partial charge in [-0.3, -0.25) is 9.59 Å². The zero-order valence-corrected chi connectivity index (χ0v) is 40.5. The lowest BCUT2D eigenvalue weighted by molar-refractivity contribution is -0.136. The molecule has 2 saturated heterocycles. The molecule has 382 valence electrons. The number of carbonyl (C=O) groups excluding carboxylic acids is 2. The van der Waals surface area contributed by atoms with Crippen LogP contribution in [0.5, 0.6) is 5.75 Å². The van der Waals surface area contributed by atoms with Crippen molar-refractivity contribution in [2.24, 2.45) is 23.1 Å². The zero-order chi connectivity index (χ0) is 49.8. The topological polar surface area (TPSA) is 305 Å². The number of hydrogen-bond acceptors (Lipinski definition) is 20. The normalized spacial score (nSPS) is 16.0. The van der Waals surface area contributed by atoms with E-state index >= 15 is 0 Å². The first-order valence-corrected chi connectivity index (χ1v) is 24.1. The van der Waals surface area contributed by atoms with Gasteiger partial charge in [0.25, 0.3) is 0 Å². The van der Waals surface area contributed by atoms with E-state index in [4.69, 9.17) is 52.8 Å². The van der Waals surface area contributed by atoms with Gasteiger partial charge in [0.2, 0.25) is 29.7 Å². The summed E-state index contributed by atoms with van der Waals surface area (Å²) in [6.07, 6.45) is 11.7. The number of phenolic OH excluding ortho intramolecular Hbond substituents is 1. The van der Waals surface area contributed by atoms with Gasteiger partial charge in [-0.1, -0.05) is 42.3 Å². The predicted octanol–water partition coefficient (Wildman–Crippen LogP) is 0.0446. The van der Waals surface area contributed by atoms with Crippen molar-refractivity contribution in [2.45, 2.75) is 70.1 Å². The van der Waals surface area contributed by atoms with E-state index in [1.165, 1.54) is 0 Å². The van der Waals surface area contributed by atoms with Gasteiger partial charge in [-0.05, 0) is 55.8 Å². The molecule has 6 rings (SSSR count). The molecule has 0 unspecified atom stereocenters. The number of ether oxygens (including phenoxy) is 3. The average Bonchev–Trinajstić information content (AvgIpc) is 4.08. The summed E-state index contributed by atoms with van der Waals surface area (Å²) < 4.78 is 19.7. The number of hydrogen-bond donors (Lipinski definition) is 6. The maximum Gasteiger partial charge on any atom is 0.247 e. The number of nitrogens with one attached hydrogen (secondary N) is 1. The molecular formula is C46H71N17O7. The molecule has 3 aromatic heterocycles. The molecule has 5 heterocycles. The van der Waals surface area contributed by atoms with Gasteiger partial charge in [0.15, 0.2) is 0 Å². The van der Waals surface area contributed by atoms with Crippen molar-refractivity contribution in [1.82, 2.24) is 54.7 Å². The van der Waals surface area contributed by atoms with Crippen LogP contribution in [-0.2, 0) is 30.2 Å². The van der Waals surface area contributed by atoms with E-state index < -0.39 is 18.1 Å². The minimum absolute atomic E-state index is 0.0938. The van der Waals surface area contributed by atoms with Crippen molar-refractivity contribution >= 4 is 29.7 Å². The molecule has 0 bridgehead atoms. The Kier molecular flexibility index (Phi) is 20.8. The summed E-state index contributed by atoms with van der Waals surface area (Å²) >= 11 is 0. The molecular weight excluding hydrogens is 903 g/mol. The highest BCUT2D eigenvalue weighted by Gasteiger charge is 2.34. The summed E-state index contributed by atoms with van der Waals surface area (Å²) in [5.74, 6) is 3.96. The summed E-state index contributed by atoms with van der Waals surface area (Å²) in [4.78, 5) is 50.9. The lowest BCUT2D eigenvalue weighted by atomic mass is 10.0. The third kappa shape index (κ3) is 15.5. The monoisotopic (exact) mass is 974 g/mol. The number of carbonyl (C=O) groups is 2. The van der Waals surface area contributed by atoms with E-state index in [0.717, 1.165) is 24.8 Å². The van der Waals surface area contributed by atoms with E-state index in [9.17, 15) is 19.8 Å². The van der Waals surface area contributed by atoms with Gasteiger partial charge in [-0.2, -0.15) is 15.0 Å². The van der Waals surface area contributed by atoms with Gasteiger partial charge in [0.05, 0.1) is 69.8 Å². The predicted molar refractivity (Wildman–Crippen MR) is 260 cm³/mol. The highest BCUT2D eigenvalue weighted by Crippen LogP contribution is 2.26. The number of unbranched alkanes of at least 4 members (excludes halogenated alkanes) is 1. The summed E-state index contributed by atoms with van der Waals surface area (Å²) in [5.41, 5.74) is 20.1. The van der Waals surface area contributed by atoms with Crippen LogP contribution in [-0.4, -0.2) is 188 Å². The van der Waals surface area contributed by atoms with Gasteiger partial charge in [-0.15, -0.1) is 16.6 Å². The molecule has 4 atom stereocenters. The molecule has 2 fully saturated rings. The summed E-state index contributed by atoms with van der Waals surface area (Å²) in [7, 11) is 0. The molecule has 2 amide bonds. The molecule has 70 heavy (non-hydrogen) atoms. The largest absolute Gasteiger partial charge is 0.508 e. The average molecular weight is 974 g/mol. The molecule has 0 saturated carbocycles. The second-order valence-corrected chi connectivity index (χ2v) is 17.8. The van der Waals surface area contributed by atoms with Gasteiger partial charge in [0.1, 0.15) is 30.1 Å². The van der Waals surface area contributed by atoms with E-state index in [2.05, 4.69) is 45.7 Å². The molecule has 0 aliphatic carbocycles. The molecule has 24 heteroatoms. The Bertz CT molecular complexity index is 2240. The van der Waals surface area contributed by atoms with Crippen molar-refractivity contribution < 1.29 is 34.0 Å². The summed E-state index contributed by atoms with van der Waals surface area (Å²) in [6.45, 7) is 10.4. The highest BCUT2D eigenvalue weighted by atomic mass is 16.5. The van der Waals surface area contributed by atoms with Gasteiger partial charge < -0.3 is 66.5 Å². The van der Waals surface area contributed by atoms with Crippen LogP contribution < -0.4 is 32.3 Å². The number of nitrogens with zero attached hydrogens (tertiary/aromatic N) is 13. The first-order valence-electron chi connectivity index (χ1n) is 24.1. The van der Waals surface area contributed by atoms with E-state index in [1.54, 1.807) is 46.0 Å². The van der Waals surface area contributed by atoms with Crippen LogP contribution in [0.15, 0.2) is 36.7 Å². The molecule has 9 N–H and O–H groups in total. The minimum atomic E-state index is -0.704. The standard InChI is InChI=1S/C46H71N17O7/c1-4-22-68-24-26-70-27-25-69-23-13-50-44-51-45(60-18-14-58(15-19-60)42(66)40(7-5-6-12-47)62-31-39(55-56-62)37(49)32-64)53-46(52-44)61-20-16-59(17-21-61)43(67)41(29-34-8-10-35(65)11-9-34)63-30-38(54-57-63)36(48)28-33(2)3/h1,8-11,30-31,33,36-37,40-41,64-65H,5-7,12-29,32,47-49H2,2-3H3,(H,50,51,52,53)/t36-,37-,40-,41-/m0/s1. The fraction of sp³-hybridized carbons (Fsp3) is 0.630. The molecule has 24 nitrogen and oxygen atoms in total. The Hall–Kier alpha value is -6.07. The number of benzene rings is 1. The van der Waals surface area contributed by atoms with Crippen molar-refractivity contribution in [1.29, 1.82) is 0 Å². The van der Waals surface area contributed by atoms with Gasteiger partial charge in [-0.25, -0.2) is 9.36 Å². The minimum Gasteiger partial charge on any atom is -0.508 e. The molecule has 0 radical (unpaired) electrons. The van der Waals surface area contributed by atoms with E-state index in [1.807, 2.05) is 19.6 Å². The van der Waals surface area contributed by atoms with E-state index in [0.29, 0.717) is 146 Å². The smallest absolute Gasteiger partial charge is 0.247 e. The Labute approximate surface area is 409 Å². The number of aliphatic hydroxyl groups is 1. The number of anilines is 3. The fourth-order valence-electron chi connectivity index (χ4n) is 8.14. The number of piperazine rings is 2. The Balaban J connectivity index is 1.14. The van der Waals surface area contributed by atoms with Crippen LogP contribution in [0, 0.1) is 18.3 Å². The maximum absolute atomic E-state index is 14.5. The molecule has 0 spiro atoms. The Morgan fingerprint density at radius 1 is 0.757 bits per heavy atom. The second kappa shape index (κ2) is 27.4. The van der Waals surface area contributed by atoms with Crippen LogP contribution >= 0.6 is 0 Å². The van der Waals surface area contributed by atoms with Crippen molar-refractivity contribution in [2.75, 3.05) is 127 Å². The molecule has 1 aromatic carbocycles. The lowest BCUT2D eigenvalue weighted by Gasteiger charge is -2.38. The van der Waals surface area contributed by atoms with Crippen molar-refractivity contribution in [3.8, 4) is 18.1 Å². The number of nitrogens with two attached hydrogens (primary N) is 3. The number of amides is 2. The van der Waals surface area contributed by atoms with Crippen LogP contribution in [0.25, 0.3) is 0 Å². The Morgan fingerprint density at radius 2 is 1.30 bits per heavy atom. The lowest BCUT2D eigenvalue weighted by Crippen LogP contribution is -2.52. The van der Waals surface area contributed by atoms with Crippen LogP contribution in [0.3, 0.4) is 0 Å².